The fraction of sp³-hybridized carbons (Fsp3) is 0.250. The van der Waals surface area contributed by atoms with Gasteiger partial charge in [-0.05, 0) is 60.2 Å². The first kappa shape index (κ1) is 23.0. The summed E-state index contributed by atoms with van der Waals surface area (Å²) < 4.78 is 38.6. The molecule has 3 N–H and O–H groups in total. The Balaban J connectivity index is 1.44. The molecule has 5 nitrogen and oxygen atoms in total. The predicted octanol–water partition coefficient (Wildman–Crippen LogP) is 5.20. The molecule has 0 spiro atoms. The number of amides is 1. The minimum atomic E-state index is -4.42. The standard InChI is InChI=1S/C24H21F3N2O3S/c25-24(26,27)15-5-1-4-14(12-15)13-33-21-11-10-18(23(32)29-21)22(31)28-19-8-2-7-17-16(19)6-3-9-20(17)30/h1,3-6,9-12,19,30H,2,7-8,13H2,(H,28,31)(H,29,32). The van der Waals surface area contributed by atoms with Crippen LogP contribution in [0.5, 0.6) is 5.75 Å². The third-order valence-electron chi connectivity index (χ3n) is 5.56. The molecule has 0 fully saturated rings. The number of carbonyl (C=O) groups is 1. The minimum absolute atomic E-state index is 0.0503. The lowest BCUT2D eigenvalue weighted by molar-refractivity contribution is -0.137. The third-order valence-corrected chi connectivity index (χ3v) is 6.59. The molecular formula is C24H21F3N2O3S. The molecule has 0 aliphatic heterocycles. The number of alkyl halides is 3. The van der Waals surface area contributed by atoms with E-state index in [2.05, 4.69) is 10.3 Å². The van der Waals surface area contributed by atoms with Crippen molar-refractivity contribution in [2.24, 2.45) is 0 Å². The quantitative estimate of drug-likeness (QED) is 0.444. The molecule has 4 rings (SSSR count). The van der Waals surface area contributed by atoms with Crippen LogP contribution in [0.4, 0.5) is 13.2 Å². The Bertz CT molecular complexity index is 1240. The molecule has 1 amide bonds. The van der Waals surface area contributed by atoms with E-state index >= 15 is 0 Å². The summed E-state index contributed by atoms with van der Waals surface area (Å²) in [5, 5.41) is 13.4. The number of pyridine rings is 1. The van der Waals surface area contributed by atoms with Gasteiger partial charge >= 0.3 is 6.18 Å². The second-order valence-corrected chi connectivity index (χ2v) is 8.83. The molecule has 1 unspecified atom stereocenters. The number of benzene rings is 2. The van der Waals surface area contributed by atoms with E-state index in [-0.39, 0.29) is 23.1 Å². The van der Waals surface area contributed by atoms with Crippen LogP contribution in [0.25, 0.3) is 0 Å². The van der Waals surface area contributed by atoms with E-state index in [0.717, 1.165) is 36.1 Å². The number of hydrogen-bond acceptors (Lipinski definition) is 4. The summed E-state index contributed by atoms with van der Waals surface area (Å²) in [5.74, 6) is -0.0911. The Morgan fingerprint density at radius 2 is 1.94 bits per heavy atom. The van der Waals surface area contributed by atoms with Gasteiger partial charge in [0.2, 0.25) is 0 Å². The summed E-state index contributed by atoms with van der Waals surface area (Å²) in [6.45, 7) is 0. The Hall–Kier alpha value is -3.20. The molecule has 0 radical (unpaired) electrons. The highest BCUT2D eigenvalue weighted by Gasteiger charge is 2.30. The average molecular weight is 475 g/mol. The zero-order valence-electron chi connectivity index (χ0n) is 17.4. The van der Waals surface area contributed by atoms with E-state index in [9.17, 15) is 27.9 Å². The largest absolute Gasteiger partial charge is 0.508 e. The number of rotatable bonds is 5. The zero-order valence-corrected chi connectivity index (χ0v) is 18.2. The summed E-state index contributed by atoms with van der Waals surface area (Å²) in [4.78, 5) is 27.9. The van der Waals surface area contributed by atoms with Gasteiger partial charge in [-0.2, -0.15) is 13.2 Å². The lowest BCUT2D eigenvalue weighted by Crippen LogP contribution is -2.34. The van der Waals surface area contributed by atoms with Gasteiger partial charge in [-0.3, -0.25) is 9.59 Å². The average Bonchev–Trinajstić information content (AvgIpc) is 2.78. The van der Waals surface area contributed by atoms with Gasteiger partial charge in [-0.15, -0.1) is 11.8 Å². The van der Waals surface area contributed by atoms with Gasteiger partial charge < -0.3 is 15.4 Å². The van der Waals surface area contributed by atoms with Crippen LogP contribution in [0.2, 0.25) is 0 Å². The summed E-state index contributed by atoms with van der Waals surface area (Å²) >= 11 is 1.17. The molecule has 2 aromatic carbocycles. The Morgan fingerprint density at radius 3 is 2.70 bits per heavy atom. The fourth-order valence-corrected chi connectivity index (χ4v) is 4.76. The first-order valence-corrected chi connectivity index (χ1v) is 11.3. The van der Waals surface area contributed by atoms with E-state index in [4.69, 9.17) is 0 Å². The maximum atomic E-state index is 12.9. The molecular weight excluding hydrogens is 453 g/mol. The molecule has 33 heavy (non-hydrogen) atoms. The van der Waals surface area contributed by atoms with Gasteiger partial charge in [0.25, 0.3) is 11.5 Å². The van der Waals surface area contributed by atoms with E-state index < -0.39 is 23.2 Å². The molecule has 0 bridgehead atoms. The van der Waals surface area contributed by atoms with E-state index in [1.807, 2.05) is 6.07 Å². The summed E-state index contributed by atoms with van der Waals surface area (Å²) in [5.41, 5.74) is 0.776. The van der Waals surface area contributed by atoms with Gasteiger partial charge in [-0.25, -0.2) is 0 Å². The van der Waals surface area contributed by atoms with Crippen molar-refractivity contribution in [3.05, 3.63) is 92.8 Å². The monoisotopic (exact) mass is 474 g/mol. The first-order valence-electron chi connectivity index (χ1n) is 10.4. The molecule has 0 saturated heterocycles. The Labute approximate surface area is 192 Å². The van der Waals surface area contributed by atoms with Gasteiger partial charge in [0, 0.05) is 5.75 Å². The van der Waals surface area contributed by atoms with Crippen LogP contribution < -0.4 is 10.9 Å². The van der Waals surface area contributed by atoms with Gasteiger partial charge in [-0.1, -0.05) is 30.3 Å². The van der Waals surface area contributed by atoms with Gasteiger partial charge in [0.15, 0.2) is 0 Å². The number of thioether (sulfide) groups is 1. The van der Waals surface area contributed by atoms with Crippen molar-refractivity contribution in [1.29, 1.82) is 0 Å². The summed E-state index contributed by atoms with van der Waals surface area (Å²) in [6, 6.07) is 12.9. The number of halogens is 3. The SMILES string of the molecule is O=C(NC1CCCc2c(O)cccc21)c1ccc(SCc2cccc(C(F)(F)F)c2)[nH]c1=O. The second kappa shape index (κ2) is 9.35. The number of aromatic amines is 1. The smallest absolute Gasteiger partial charge is 0.416 e. The van der Waals surface area contributed by atoms with E-state index in [0.29, 0.717) is 17.0 Å². The molecule has 3 aromatic rings. The number of phenolic OH excluding ortho intramolecular Hbond substituents is 1. The van der Waals surface area contributed by atoms with E-state index in [1.165, 1.54) is 23.9 Å². The molecule has 1 aliphatic carbocycles. The van der Waals surface area contributed by atoms with Crippen LogP contribution in [-0.2, 0) is 18.3 Å². The van der Waals surface area contributed by atoms with Gasteiger partial charge in [0.05, 0.1) is 16.6 Å². The van der Waals surface area contributed by atoms with Crippen molar-refractivity contribution in [2.45, 2.75) is 42.3 Å². The second-order valence-electron chi connectivity index (χ2n) is 7.82. The number of aromatic hydroxyl groups is 1. The van der Waals surface area contributed by atoms with Crippen molar-refractivity contribution in [2.75, 3.05) is 0 Å². The van der Waals surface area contributed by atoms with Crippen molar-refractivity contribution < 1.29 is 23.1 Å². The Kier molecular flexibility index (Phi) is 6.51. The molecule has 1 aliphatic rings. The number of fused-ring (bicyclic) bond motifs is 1. The number of H-pyrrole nitrogens is 1. The topological polar surface area (TPSA) is 82.2 Å². The van der Waals surface area contributed by atoms with Crippen molar-refractivity contribution >= 4 is 17.7 Å². The molecule has 9 heteroatoms. The number of carbonyl (C=O) groups excluding carboxylic acids is 1. The molecule has 1 atom stereocenters. The third kappa shape index (κ3) is 5.24. The Morgan fingerprint density at radius 1 is 1.15 bits per heavy atom. The zero-order chi connectivity index (χ0) is 23.6. The normalized spacial score (nSPS) is 15.7. The van der Waals surface area contributed by atoms with Crippen molar-refractivity contribution in [3.63, 3.8) is 0 Å². The number of aromatic nitrogens is 1. The first-order chi connectivity index (χ1) is 15.7. The lowest BCUT2D eigenvalue weighted by atomic mass is 9.87. The van der Waals surface area contributed by atoms with Crippen molar-refractivity contribution in [3.8, 4) is 5.75 Å². The van der Waals surface area contributed by atoms with Crippen LogP contribution >= 0.6 is 11.8 Å². The molecule has 0 saturated carbocycles. The van der Waals surface area contributed by atoms with Crippen LogP contribution in [0.15, 0.2) is 64.4 Å². The molecule has 1 heterocycles. The highest BCUT2D eigenvalue weighted by atomic mass is 32.2. The van der Waals surface area contributed by atoms with Crippen molar-refractivity contribution in [1.82, 2.24) is 10.3 Å². The number of hydrogen-bond donors (Lipinski definition) is 3. The molecule has 172 valence electrons. The fourth-order valence-electron chi connectivity index (χ4n) is 3.93. The summed E-state index contributed by atoms with van der Waals surface area (Å²) in [7, 11) is 0. The van der Waals surface area contributed by atoms with Crippen LogP contribution in [0, 0.1) is 0 Å². The molecule has 1 aromatic heterocycles. The highest BCUT2D eigenvalue weighted by molar-refractivity contribution is 7.98. The number of phenols is 1. The van der Waals surface area contributed by atoms with Crippen LogP contribution in [0.3, 0.4) is 0 Å². The van der Waals surface area contributed by atoms with Gasteiger partial charge in [0.1, 0.15) is 11.3 Å². The van der Waals surface area contributed by atoms with Crippen LogP contribution in [-0.4, -0.2) is 16.0 Å². The lowest BCUT2D eigenvalue weighted by Gasteiger charge is -2.26. The maximum Gasteiger partial charge on any atom is 0.416 e. The number of nitrogens with one attached hydrogen (secondary N) is 2. The highest BCUT2D eigenvalue weighted by Crippen LogP contribution is 2.35. The van der Waals surface area contributed by atoms with E-state index in [1.54, 1.807) is 24.3 Å². The van der Waals surface area contributed by atoms with Crippen LogP contribution in [0.1, 0.15) is 51.5 Å². The maximum absolute atomic E-state index is 12.9. The summed E-state index contributed by atoms with van der Waals surface area (Å²) in [6.07, 6.45) is -2.18. The predicted molar refractivity (Wildman–Crippen MR) is 119 cm³/mol. The minimum Gasteiger partial charge on any atom is -0.508 e.